The van der Waals surface area contributed by atoms with Crippen molar-refractivity contribution in [2.45, 2.75) is 156 Å². The Labute approximate surface area is 239 Å². The van der Waals surface area contributed by atoms with Gasteiger partial charge in [0, 0.05) is 0 Å². The van der Waals surface area contributed by atoms with E-state index in [4.69, 9.17) is 6.58 Å². The van der Waals surface area contributed by atoms with Crippen LogP contribution in [0.25, 0.3) is 0 Å². The predicted octanol–water partition coefficient (Wildman–Crippen LogP) is 11.9. The smallest absolute Gasteiger partial charge is 0.0154 e. The fraction of sp³-hybridized carbons (Fsp3) is 0.947. The number of hydrogen-bond acceptors (Lipinski definition) is 0. The topological polar surface area (TPSA) is 0 Å². The number of allylic oxidation sites excluding steroid dienone is 1. The van der Waals surface area contributed by atoms with Crippen molar-refractivity contribution in [3.05, 3.63) is 12.2 Å². The van der Waals surface area contributed by atoms with Crippen LogP contribution in [0.15, 0.2) is 12.2 Å². The first-order chi connectivity index (χ1) is 18.4. The summed E-state index contributed by atoms with van der Waals surface area (Å²) >= 11 is 0. The molecule has 0 aliphatic heterocycles. The third-order valence-electron chi connectivity index (χ3n) is 13.7. The van der Waals surface area contributed by atoms with Crippen molar-refractivity contribution < 1.29 is 0 Å². The molecule has 0 nitrogen and oxygen atoms in total. The van der Waals surface area contributed by atoms with Crippen molar-refractivity contribution in [2.24, 2.45) is 71.0 Å². The molecular formula is C38H66. The molecule has 0 aromatic rings. The highest BCUT2D eigenvalue weighted by Gasteiger charge is 2.45. The van der Waals surface area contributed by atoms with E-state index in [0.717, 1.165) is 71.0 Å². The highest BCUT2D eigenvalue weighted by Crippen LogP contribution is 2.55. The zero-order chi connectivity index (χ0) is 26.6. The van der Waals surface area contributed by atoms with Crippen molar-refractivity contribution in [1.29, 1.82) is 0 Å². The predicted molar refractivity (Wildman–Crippen MR) is 166 cm³/mol. The summed E-state index contributed by atoms with van der Waals surface area (Å²) in [6.07, 6.45) is 30.3. The molecule has 0 amide bonds. The first kappa shape index (κ1) is 29.2. The van der Waals surface area contributed by atoms with Crippen LogP contribution >= 0.6 is 0 Å². The van der Waals surface area contributed by atoms with Crippen LogP contribution in [0.3, 0.4) is 0 Å². The Morgan fingerprint density at radius 2 is 1.42 bits per heavy atom. The lowest BCUT2D eigenvalue weighted by molar-refractivity contribution is 0.156. The molecule has 0 aromatic carbocycles. The van der Waals surface area contributed by atoms with E-state index in [1.54, 1.807) is 37.7 Å². The molecule has 0 bridgehead atoms. The molecule has 0 spiro atoms. The molecule has 0 heteroatoms. The van der Waals surface area contributed by atoms with Crippen LogP contribution < -0.4 is 0 Å². The minimum atomic E-state index is 0.810. The van der Waals surface area contributed by atoms with E-state index in [0.29, 0.717) is 0 Å². The van der Waals surface area contributed by atoms with Crippen LogP contribution in [0.1, 0.15) is 156 Å². The molecule has 5 aliphatic carbocycles. The van der Waals surface area contributed by atoms with Gasteiger partial charge < -0.3 is 0 Å². The zero-order valence-electron chi connectivity index (χ0n) is 26.3. The minimum absolute atomic E-state index is 0.810. The zero-order valence-corrected chi connectivity index (χ0v) is 26.3. The molecule has 9 unspecified atom stereocenters. The average molecular weight is 523 g/mol. The van der Waals surface area contributed by atoms with Crippen molar-refractivity contribution in [2.75, 3.05) is 0 Å². The maximum Gasteiger partial charge on any atom is -0.0154 e. The SMILES string of the molecule is C=C(CC1CCCC1C1CC2CCC(C(C)CCCCC3CCC(C)CC3)CC2C1)C1C(C)CCCC1C. The molecule has 5 saturated carbocycles. The van der Waals surface area contributed by atoms with Crippen molar-refractivity contribution in [3.63, 3.8) is 0 Å². The van der Waals surface area contributed by atoms with Crippen LogP contribution in [0.4, 0.5) is 0 Å². The fourth-order valence-corrected chi connectivity index (χ4v) is 11.4. The lowest BCUT2D eigenvalue weighted by Crippen LogP contribution is -2.28. The van der Waals surface area contributed by atoms with Crippen LogP contribution in [-0.2, 0) is 0 Å². The molecule has 0 radical (unpaired) electrons. The summed E-state index contributed by atoms with van der Waals surface area (Å²) in [6.45, 7) is 14.9. The van der Waals surface area contributed by atoms with E-state index in [1.807, 2.05) is 0 Å². The molecule has 5 aliphatic rings. The Hall–Kier alpha value is -0.260. The second-order valence-corrected chi connectivity index (χ2v) is 16.3. The van der Waals surface area contributed by atoms with E-state index in [2.05, 4.69) is 27.7 Å². The Morgan fingerprint density at radius 1 is 0.711 bits per heavy atom. The van der Waals surface area contributed by atoms with Gasteiger partial charge in [-0.3, -0.25) is 0 Å². The summed E-state index contributed by atoms with van der Waals surface area (Å²) in [7, 11) is 0. The van der Waals surface area contributed by atoms with Gasteiger partial charge in [-0.2, -0.15) is 0 Å². The van der Waals surface area contributed by atoms with Gasteiger partial charge in [-0.05, 0) is 122 Å². The number of hydrogen-bond donors (Lipinski definition) is 0. The maximum atomic E-state index is 4.77. The monoisotopic (exact) mass is 523 g/mol. The van der Waals surface area contributed by atoms with Crippen LogP contribution in [-0.4, -0.2) is 0 Å². The van der Waals surface area contributed by atoms with Gasteiger partial charge in [-0.25, -0.2) is 0 Å². The molecule has 0 saturated heterocycles. The van der Waals surface area contributed by atoms with E-state index in [1.165, 1.54) is 96.3 Å². The summed E-state index contributed by atoms with van der Waals surface area (Å²) < 4.78 is 0. The van der Waals surface area contributed by atoms with Gasteiger partial charge in [0.05, 0.1) is 0 Å². The molecule has 5 rings (SSSR count). The number of rotatable bonds is 10. The van der Waals surface area contributed by atoms with Gasteiger partial charge in [0.2, 0.25) is 0 Å². The molecule has 218 valence electrons. The molecule has 0 heterocycles. The highest BCUT2D eigenvalue weighted by atomic mass is 14.5. The van der Waals surface area contributed by atoms with Gasteiger partial charge in [0.1, 0.15) is 0 Å². The first-order valence-electron chi connectivity index (χ1n) is 18.1. The van der Waals surface area contributed by atoms with Gasteiger partial charge in [0.15, 0.2) is 0 Å². The van der Waals surface area contributed by atoms with Crippen LogP contribution in [0.5, 0.6) is 0 Å². The quantitative estimate of drug-likeness (QED) is 0.198. The molecule has 9 atom stereocenters. The summed E-state index contributed by atoms with van der Waals surface area (Å²) in [5.41, 5.74) is 1.66. The number of fused-ring (bicyclic) bond motifs is 1. The molecule has 0 aromatic heterocycles. The van der Waals surface area contributed by atoms with Gasteiger partial charge in [0.25, 0.3) is 0 Å². The third kappa shape index (κ3) is 7.14. The van der Waals surface area contributed by atoms with Crippen molar-refractivity contribution in [1.82, 2.24) is 0 Å². The Kier molecular flexibility index (Phi) is 10.5. The van der Waals surface area contributed by atoms with E-state index in [-0.39, 0.29) is 0 Å². The van der Waals surface area contributed by atoms with Crippen molar-refractivity contribution >= 4 is 0 Å². The second kappa shape index (κ2) is 13.6. The summed E-state index contributed by atoms with van der Waals surface area (Å²) in [5, 5.41) is 0. The van der Waals surface area contributed by atoms with Crippen molar-refractivity contribution in [3.8, 4) is 0 Å². The highest BCUT2D eigenvalue weighted by molar-refractivity contribution is 5.08. The standard InChI is InChI=1S/C38H66/c1-26-16-18-31(19-17-26)13-7-6-10-27(2)32-20-21-33-24-36(25-35(33)23-32)37-15-9-14-34(37)22-30(5)38-28(3)11-8-12-29(38)4/h26-29,31-38H,5-25H2,1-4H3. The van der Waals surface area contributed by atoms with E-state index >= 15 is 0 Å². The molecule has 0 N–H and O–H groups in total. The Bertz CT molecular complexity index is 716. The Morgan fingerprint density at radius 3 is 2.18 bits per heavy atom. The molecular weight excluding hydrogens is 456 g/mol. The summed E-state index contributed by atoms with van der Waals surface area (Å²) in [6, 6.07) is 0. The lowest BCUT2D eigenvalue weighted by atomic mass is 9.68. The molecule has 5 fully saturated rings. The Balaban J connectivity index is 1.05. The van der Waals surface area contributed by atoms with E-state index < -0.39 is 0 Å². The normalized spacial score (nSPS) is 44.6. The van der Waals surface area contributed by atoms with Crippen LogP contribution in [0, 0.1) is 71.0 Å². The summed E-state index contributed by atoms with van der Waals surface area (Å²) in [5.74, 6) is 11.9. The van der Waals surface area contributed by atoms with Crippen LogP contribution in [0.2, 0.25) is 0 Å². The largest absolute Gasteiger partial charge is 0.0996 e. The average Bonchev–Trinajstić information content (AvgIpc) is 3.53. The van der Waals surface area contributed by atoms with E-state index in [9.17, 15) is 0 Å². The van der Waals surface area contributed by atoms with Gasteiger partial charge in [-0.1, -0.05) is 117 Å². The fourth-order valence-electron chi connectivity index (χ4n) is 11.4. The lowest BCUT2D eigenvalue weighted by Gasteiger charge is -2.38. The maximum absolute atomic E-state index is 4.77. The molecule has 38 heavy (non-hydrogen) atoms. The first-order valence-corrected chi connectivity index (χ1v) is 18.1. The third-order valence-corrected chi connectivity index (χ3v) is 13.7. The van der Waals surface area contributed by atoms with Gasteiger partial charge >= 0.3 is 0 Å². The summed E-state index contributed by atoms with van der Waals surface area (Å²) in [4.78, 5) is 0. The van der Waals surface area contributed by atoms with Gasteiger partial charge in [-0.15, -0.1) is 0 Å². The second-order valence-electron chi connectivity index (χ2n) is 16.3. The number of unbranched alkanes of at least 4 members (excludes halogenated alkanes) is 1. The minimum Gasteiger partial charge on any atom is -0.0996 e.